The predicted molar refractivity (Wildman–Crippen MR) is 86.5 cm³/mol. The van der Waals surface area contributed by atoms with Gasteiger partial charge in [-0.3, -0.25) is 4.79 Å². The van der Waals surface area contributed by atoms with E-state index in [2.05, 4.69) is 11.9 Å². The molecule has 3 rings (SSSR count). The number of rotatable bonds is 3. The first-order chi connectivity index (χ1) is 11.6. The third-order valence-corrected chi connectivity index (χ3v) is 6.01. The first-order valence-corrected chi connectivity index (χ1v) is 9.12. The molecule has 1 unspecified atom stereocenters. The Labute approximate surface area is 148 Å². The summed E-state index contributed by atoms with van der Waals surface area (Å²) >= 11 is 2.04. The second kappa shape index (κ2) is 8.13. The quantitative estimate of drug-likeness (QED) is 0.794. The number of ether oxygens (including phenoxy) is 1. The van der Waals surface area contributed by atoms with E-state index in [1.165, 1.54) is 13.1 Å². The van der Waals surface area contributed by atoms with Crippen LogP contribution in [0.15, 0.2) is 0 Å². The molecule has 1 atom stereocenters. The summed E-state index contributed by atoms with van der Waals surface area (Å²) in [4.78, 5) is 25.1. The van der Waals surface area contributed by atoms with E-state index >= 15 is 0 Å². The van der Waals surface area contributed by atoms with Gasteiger partial charge in [-0.15, -0.1) is 11.8 Å². The minimum absolute atomic E-state index is 0.184. The first-order valence-electron chi connectivity index (χ1n) is 8.13. The van der Waals surface area contributed by atoms with Gasteiger partial charge in [0.2, 0.25) is 5.91 Å². The highest BCUT2D eigenvalue weighted by molar-refractivity contribution is 8.01. The third-order valence-electron chi connectivity index (χ3n) is 4.44. The van der Waals surface area contributed by atoms with Gasteiger partial charge in [-0.2, -0.15) is 13.2 Å². The Balaban J connectivity index is 0.000000277. The fourth-order valence-corrected chi connectivity index (χ4v) is 5.00. The fraction of sp³-hybridized carbons (Fsp3) is 0.867. The van der Waals surface area contributed by atoms with Gasteiger partial charge < -0.3 is 19.6 Å². The van der Waals surface area contributed by atoms with Crippen molar-refractivity contribution in [3.05, 3.63) is 0 Å². The molecule has 3 fully saturated rings. The summed E-state index contributed by atoms with van der Waals surface area (Å²) in [7, 11) is 2.16. The number of carbonyl (C=O) groups excluding carboxylic acids is 1. The predicted octanol–water partition coefficient (Wildman–Crippen LogP) is 1.45. The molecule has 1 N–H and O–H groups in total. The molecule has 10 heteroatoms. The molecule has 144 valence electrons. The minimum atomic E-state index is -5.08. The number of thioether (sulfide) groups is 1. The maximum atomic E-state index is 11.9. The van der Waals surface area contributed by atoms with Crippen LogP contribution in [0.3, 0.4) is 0 Å². The van der Waals surface area contributed by atoms with E-state index in [9.17, 15) is 18.0 Å². The van der Waals surface area contributed by atoms with Crippen LogP contribution >= 0.6 is 11.8 Å². The molecular formula is C15H23F3N2O4S. The monoisotopic (exact) mass is 384 g/mol. The SMILES string of the molecule is CN1CC2(CC(OCC(=O)N3CCCC3)CS2)C1.O=C(O)C(F)(F)F. The number of aliphatic carboxylic acids is 1. The van der Waals surface area contributed by atoms with E-state index in [1.807, 2.05) is 16.7 Å². The molecule has 6 nitrogen and oxygen atoms in total. The smallest absolute Gasteiger partial charge is 0.475 e. The zero-order valence-corrected chi connectivity index (χ0v) is 14.9. The minimum Gasteiger partial charge on any atom is -0.475 e. The van der Waals surface area contributed by atoms with E-state index in [1.54, 1.807) is 0 Å². The van der Waals surface area contributed by atoms with Gasteiger partial charge in [0.25, 0.3) is 0 Å². The number of carbonyl (C=O) groups is 2. The van der Waals surface area contributed by atoms with Gasteiger partial charge in [-0.1, -0.05) is 0 Å². The summed E-state index contributed by atoms with van der Waals surface area (Å²) in [6, 6.07) is 0. The summed E-state index contributed by atoms with van der Waals surface area (Å²) in [6.45, 7) is 4.50. The van der Waals surface area contributed by atoms with Crippen molar-refractivity contribution in [1.29, 1.82) is 0 Å². The molecular weight excluding hydrogens is 361 g/mol. The van der Waals surface area contributed by atoms with Crippen LogP contribution in [0.25, 0.3) is 0 Å². The van der Waals surface area contributed by atoms with Gasteiger partial charge >= 0.3 is 12.1 Å². The highest BCUT2D eigenvalue weighted by Gasteiger charge is 2.48. The lowest BCUT2D eigenvalue weighted by Gasteiger charge is -2.45. The average Bonchev–Trinajstić information content (AvgIpc) is 3.13. The van der Waals surface area contributed by atoms with Crippen LogP contribution in [-0.4, -0.2) is 89.4 Å². The maximum absolute atomic E-state index is 11.9. The first kappa shape index (κ1) is 20.3. The molecule has 0 aromatic carbocycles. The van der Waals surface area contributed by atoms with Crippen molar-refractivity contribution >= 4 is 23.6 Å². The van der Waals surface area contributed by atoms with Gasteiger partial charge in [0.1, 0.15) is 6.61 Å². The Bertz CT molecular complexity index is 492. The van der Waals surface area contributed by atoms with E-state index in [4.69, 9.17) is 14.6 Å². The number of nitrogens with zero attached hydrogens (tertiary/aromatic N) is 2. The summed E-state index contributed by atoms with van der Waals surface area (Å²) in [5, 5.41) is 7.12. The van der Waals surface area contributed by atoms with Crippen molar-refractivity contribution in [2.45, 2.75) is 36.3 Å². The second-order valence-corrected chi connectivity index (χ2v) is 8.18. The van der Waals surface area contributed by atoms with E-state index < -0.39 is 12.1 Å². The Kier molecular flexibility index (Phi) is 6.61. The Hall–Kier alpha value is -1.00. The van der Waals surface area contributed by atoms with Crippen LogP contribution in [0.5, 0.6) is 0 Å². The molecule has 0 aliphatic carbocycles. The van der Waals surface area contributed by atoms with Gasteiger partial charge in [-0.05, 0) is 26.3 Å². The standard InChI is InChI=1S/C13H22N2O2S.C2HF3O2/c1-14-9-13(10-14)6-11(8-18-13)17-7-12(16)15-4-2-3-5-15;3-2(4,5)1(6)7/h11H,2-10H2,1H3;(H,6,7). The molecule has 25 heavy (non-hydrogen) atoms. The molecule has 3 heterocycles. The third kappa shape index (κ3) is 5.75. The molecule has 3 aliphatic heterocycles. The zero-order valence-electron chi connectivity index (χ0n) is 14.0. The molecule has 0 saturated carbocycles. The number of alkyl halides is 3. The molecule has 1 amide bonds. The molecule has 0 aromatic rings. The summed E-state index contributed by atoms with van der Waals surface area (Å²) in [6.07, 6.45) is -1.37. The largest absolute Gasteiger partial charge is 0.490 e. The number of amides is 1. The highest BCUT2D eigenvalue weighted by atomic mass is 32.2. The number of halogens is 3. The molecule has 0 aromatic heterocycles. The van der Waals surface area contributed by atoms with Gasteiger partial charge in [0, 0.05) is 36.7 Å². The number of carboxylic acids is 1. The van der Waals surface area contributed by atoms with E-state index in [-0.39, 0.29) is 18.6 Å². The van der Waals surface area contributed by atoms with Gasteiger partial charge in [-0.25, -0.2) is 4.79 Å². The van der Waals surface area contributed by atoms with Crippen molar-refractivity contribution in [3.8, 4) is 0 Å². The normalized spacial score (nSPS) is 25.4. The maximum Gasteiger partial charge on any atom is 0.490 e. The van der Waals surface area contributed by atoms with Crippen molar-refractivity contribution in [1.82, 2.24) is 9.80 Å². The Morgan fingerprint density at radius 2 is 1.84 bits per heavy atom. The van der Waals surface area contributed by atoms with Crippen LogP contribution in [0.4, 0.5) is 13.2 Å². The van der Waals surface area contributed by atoms with Crippen molar-refractivity contribution < 1.29 is 32.6 Å². The topological polar surface area (TPSA) is 70.1 Å². The number of hydrogen-bond acceptors (Lipinski definition) is 5. The molecule has 3 saturated heterocycles. The highest BCUT2D eigenvalue weighted by Crippen LogP contribution is 2.45. The molecule has 3 aliphatic rings. The summed E-state index contributed by atoms with van der Waals surface area (Å²) in [5.41, 5.74) is 0. The van der Waals surface area contributed by atoms with Crippen molar-refractivity contribution in [2.75, 3.05) is 45.6 Å². The summed E-state index contributed by atoms with van der Waals surface area (Å²) < 4.78 is 38.0. The van der Waals surface area contributed by atoms with Crippen LogP contribution < -0.4 is 0 Å². The van der Waals surface area contributed by atoms with Gasteiger partial charge in [0.05, 0.1) is 6.10 Å². The lowest BCUT2D eigenvalue weighted by Crippen LogP contribution is -2.56. The van der Waals surface area contributed by atoms with Crippen LogP contribution in [0.1, 0.15) is 19.3 Å². The molecule has 0 radical (unpaired) electrons. The van der Waals surface area contributed by atoms with Gasteiger partial charge in [0.15, 0.2) is 0 Å². The second-order valence-electron chi connectivity index (χ2n) is 6.69. The fourth-order valence-electron chi connectivity index (χ4n) is 3.31. The lowest BCUT2D eigenvalue weighted by atomic mass is 9.94. The van der Waals surface area contributed by atoms with Crippen molar-refractivity contribution in [2.24, 2.45) is 0 Å². The molecule has 1 spiro atoms. The Morgan fingerprint density at radius 3 is 2.32 bits per heavy atom. The number of hydrogen-bond donors (Lipinski definition) is 1. The molecule has 0 bridgehead atoms. The van der Waals surface area contributed by atoms with Crippen molar-refractivity contribution in [3.63, 3.8) is 0 Å². The Morgan fingerprint density at radius 1 is 1.28 bits per heavy atom. The van der Waals surface area contributed by atoms with Crippen LogP contribution in [0, 0.1) is 0 Å². The van der Waals surface area contributed by atoms with E-state index in [0.29, 0.717) is 4.75 Å². The zero-order chi connectivity index (χ0) is 18.7. The number of likely N-dealkylation sites (tertiary alicyclic amines) is 2. The summed E-state index contributed by atoms with van der Waals surface area (Å²) in [5.74, 6) is -1.52. The van der Waals surface area contributed by atoms with E-state index in [0.717, 1.165) is 38.1 Å². The van der Waals surface area contributed by atoms with Crippen LogP contribution in [0.2, 0.25) is 0 Å². The van der Waals surface area contributed by atoms with Crippen LogP contribution in [-0.2, 0) is 14.3 Å². The number of carboxylic acid groups (broad SMARTS) is 1. The lowest BCUT2D eigenvalue weighted by molar-refractivity contribution is -0.192. The average molecular weight is 384 g/mol.